The van der Waals surface area contributed by atoms with Crippen LogP contribution in [0.5, 0.6) is 0 Å². The molecule has 0 aromatic rings. The minimum atomic E-state index is -1.34. The number of esters is 1. The molecule has 0 fully saturated rings. The quantitative estimate of drug-likeness (QED) is 0.416. The average molecular weight is 254 g/mol. The standard InChI is InChI=1S/C11H13NO6/c1-7-6-8(13)12(11(7)17)4-5-18-10(16)3-2-9(14)15/h6H,2-5H2,1H3,(H,14,15)/p-1. The Hall–Kier alpha value is -2.18. The number of carboxylic acids is 1. The highest BCUT2D eigenvalue weighted by molar-refractivity contribution is 6.15. The molecular formula is C11H12NO6-. The molecule has 98 valence electrons. The molecule has 0 aliphatic carbocycles. The lowest BCUT2D eigenvalue weighted by Crippen LogP contribution is -2.34. The fourth-order valence-electron chi connectivity index (χ4n) is 1.38. The van der Waals surface area contributed by atoms with E-state index in [4.69, 9.17) is 0 Å². The highest BCUT2D eigenvalue weighted by Crippen LogP contribution is 2.11. The molecule has 0 saturated heterocycles. The van der Waals surface area contributed by atoms with E-state index in [1.54, 1.807) is 0 Å². The van der Waals surface area contributed by atoms with Gasteiger partial charge in [0.15, 0.2) is 0 Å². The van der Waals surface area contributed by atoms with Crippen molar-refractivity contribution in [3.8, 4) is 0 Å². The molecule has 0 spiro atoms. The summed E-state index contributed by atoms with van der Waals surface area (Å²) in [5.74, 6) is -2.89. The topological polar surface area (TPSA) is 104 Å². The molecule has 1 rings (SSSR count). The molecule has 0 bridgehead atoms. The normalized spacial score (nSPS) is 14.7. The van der Waals surface area contributed by atoms with Gasteiger partial charge in [0.05, 0.1) is 13.0 Å². The summed E-state index contributed by atoms with van der Waals surface area (Å²) in [4.78, 5) is 44.8. The first-order valence-corrected chi connectivity index (χ1v) is 5.31. The van der Waals surface area contributed by atoms with Crippen LogP contribution in [0.25, 0.3) is 0 Å². The van der Waals surface area contributed by atoms with Crippen LogP contribution in [0.1, 0.15) is 19.8 Å². The SMILES string of the molecule is CC1=CC(=O)N(CCOC(=O)CCC(=O)[O-])C1=O. The molecule has 7 nitrogen and oxygen atoms in total. The maximum absolute atomic E-state index is 11.4. The van der Waals surface area contributed by atoms with Crippen molar-refractivity contribution in [2.45, 2.75) is 19.8 Å². The van der Waals surface area contributed by atoms with Gasteiger partial charge in [-0.1, -0.05) is 0 Å². The Labute approximate surface area is 103 Å². The van der Waals surface area contributed by atoms with Crippen LogP contribution >= 0.6 is 0 Å². The van der Waals surface area contributed by atoms with Crippen molar-refractivity contribution >= 4 is 23.8 Å². The number of nitrogens with zero attached hydrogens (tertiary/aromatic N) is 1. The number of hydrogen-bond acceptors (Lipinski definition) is 6. The van der Waals surface area contributed by atoms with Gasteiger partial charge in [0, 0.05) is 17.6 Å². The van der Waals surface area contributed by atoms with Gasteiger partial charge in [-0.15, -0.1) is 0 Å². The van der Waals surface area contributed by atoms with E-state index in [2.05, 4.69) is 4.74 Å². The van der Waals surface area contributed by atoms with E-state index >= 15 is 0 Å². The van der Waals surface area contributed by atoms with Crippen molar-refractivity contribution in [1.82, 2.24) is 4.90 Å². The first-order valence-electron chi connectivity index (χ1n) is 5.31. The zero-order chi connectivity index (χ0) is 13.7. The molecule has 0 N–H and O–H groups in total. The van der Waals surface area contributed by atoms with E-state index in [-0.39, 0.29) is 19.6 Å². The number of carboxylic acid groups (broad SMARTS) is 1. The van der Waals surface area contributed by atoms with Gasteiger partial charge in [-0.2, -0.15) is 0 Å². The summed E-state index contributed by atoms with van der Waals surface area (Å²) < 4.78 is 4.69. The van der Waals surface area contributed by atoms with Gasteiger partial charge in [0.2, 0.25) is 0 Å². The number of ether oxygens (including phenoxy) is 1. The first kappa shape index (κ1) is 13.9. The van der Waals surface area contributed by atoms with Crippen molar-refractivity contribution in [2.24, 2.45) is 0 Å². The highest BCUT2D eigenvalue weighted by atomic mass is 16.5. The van der Waals surface area contributed by atoms with Gasteiger partial charge < -0.3 is 14.6 Å². The lowest BCUT2D eigenvalue weighted by molar-refractivity contribution is -0.305. The molecule has 2 amide bonds. The summed E-state index contributed by atoms with van der Waals surface area (Å²) in [5.41, 5.74) is 0.336. The van der Waals surface area contributed by atoms with Gasteiger partial charge in [-0.3, -0.25) is 19.3 Å². The van der Waals surface area contributed by atoms with Crippen molar-refractivity contribution in [3.63, 3.8) is 0 Å². The van der Waals surface area contributed by atoms with Crippen LogP contribution in [0.4, 0.5) is 0 Å². The molecular weight excluding hydrogens is 242 g/mol. The summed E-state index contributed by atoms with van der Waals surface area (Å²) in [6.07, 6.45) is 0.503. The van der Waals surface area contributed by atoms with E-state index in [9.17, 15) is 24.3 Å². The second-order valence-corrected chi connectivity index (χ2v) is 3.71. The van der Waals surface area contributed by atoms with E-state index in [1.807, 2.05) is 0 Å². The Bertz CT molecular complexity index is 425. The minimum absolute atomic E-state index is 0.0391. The van der Waals surface area contributed by atoms with Gasteiger partial charge >= 0.3 is 5.97 Å². The summed E-state index contributed by atoms with van der Waals surface area (Å²) in [6, 6.07) is 0. The Balaban J connectivity index is 2.27. The highest BCUT2D eigenvalue weighted by Gasteiger charge is 2.27. The number of carbonyl (C=O) groups is 4. The molecule has 0 atom stereocenters. The second-order valence-electron chi connectivity index (χ2n) is 3.71. The predicted molar refractivity (Wildman–Crippen MR) is 55.7 cm³/mol. The summed E-state index contributed by atoms with van der Waals surface area (Å²) >= 11 is 0. The molecule has 0 aromatic heterocycles. The zero-order valence-corrected chi connectivity index (χ0v) is 9.80. The molecule has 1 aliphatic rings. The Morgan fingerprint density at radius 2 is 2.00 bits per heavy atom. The lowest BCUT2D eigenvalue weighted by Gasteiger charge is -2.14. The summed E-state index contributed by atoms with van der Waals surface area (Å²) in [5, 5.41) is 10.1. The third-order valence-corrected chi connectivity index (χ3v) is 2.30. The van der Waals surface area contributed by atoms with Crippen molar-refractivity contribution in [3.05, 3.63) is 11.6 Å². The van der Waals surface area contributed by atoms with Crippen LogP contribution < -0.4 is 5.11 Å². The largest absolute Gasteiger partial charge is 0.550 e. The number of imide groups is 1. The van der Waals surface area contributed by atoms with Gasteiger partial charge in [0.1, 0.15) is 6.61 Å². The number of carbonyl (C=O) groups excluding carboxylic acids is 4. The van der Waals surface area contributed by atoms with Crippen LogP contribution in [0, 0.1) is 0 Å². The Kier molecular flexibility index (Phi) is 4.59. The van der Waals surface area contributed by atoms with Crippen LogP contribution in [-0.2, 0) is 23.9 Å². The minimum Gasteiger partial charge on any atom is -0.550 e. The van der Waals surface area contributed by atoms with E-state index in [0.717, 1.165) is 4.90 Å². The second kappa shape index (κ2) is 5.95. The molecule has 0 unspecified atom stereocenters. The van der Waals surface area contributed by atoms with Crippen molar-refractivity contribution in [1.29, 1.82) is 0 Å². The van der Waals surface area contributed by atoms with Crippen LogP contribution in [0.2, 0.25) is 0 Å². The zero-order valence-electron chi connectivity index (χ0n) is 9.80. The van der Waals surface area contributed by atoms with Crippen molar-refractivity contribution < 1.29 is 29.0 Å². The van der Waals surface area contributed by atoms with Crippen LogP contribution in [-0.4, -0.2) is 41.8 Å². The number of aliphatic carboxylic acids is 1. The number of hydrogen-bond donors (Lipinski definition) is 0. The van der Waals surface area contributed by atoms with Crippen LogP contribution in [0.15, 0.2) is 11.6 Å². The molecule has 18 heavy (non-hydrogen) atoms. The van der Waals surface area contributed by atoms with E-state index < -0.39 is 30.2 Å². The molecule has 1 heterocycles. The Morgan fingerprint density at radius 1 is 1.33 bits per heavy atom. The fraction of sp³-hybridized carbons (Fsp3) is 0.455. The van der Waals surface area contributed by atoms with Gasteiger partial charge in [0.25, 0.3) is 11.8 Å². The number of amides is 2. The van der Waals surface area contributed by atoms with Crippen molar-refractivity contribution in [2.75, 3.05) is 13.2 Å². The fourth-order valence-corrected chi connectivity index (χ4v) is 1.38. The lowest BCUT2D eigenvalue weighted by atomic mass is 10.3. The maximum Gasteiger partial charge on any atom is 0.306 e. The summed E-state index contributed by atoms with van der Waals surface area (Å²) in [7, 11) is 0. The molecule has 0 saturated carbocycles. The molecule has 7 heteroatoms. The predicted octanol–water partition coefficient (Wildman–Crippen LogP) is -1.63. The Morgan fingerprint density at radius 3 is 2.50 bits per heavy atom. The van der Waals surface area contributed by atoms with Crippen LogP contribution in [0.3, 0.4) is 0 Å². The third kappa shape index (κ3) is 3.69. The molecule has 1 aliphatic heterocycles. The smallest absolute Gasteiger partial charge is 0.306 e. The van der Waals surface area contributed by atoms with E-state index in [0.29, 0.717) is 5.57 Å². The van der Waals surface area contributed by atoms with Gasteiger partial charge in [-0.25, -0.2) is 0 Å². The monoisotopic (exact) mass is 254 g/mol. The van der Waals surface area contributed by atoms with Gasteiger partial charge in [-0.05, 0) is 13.3 Å². The van der Waals surface area contributed by atoms with E-state index in [1.165, 1.54) is 13.0 Å². The molecule has 0 aromatic carbocycles. The molecule has 0 radical (unpaired) electrons. The first-order chi connectivity index (χ1) is 8.41. The average Bonchev–Trinajstić information content (AvgIpc) is 2.53. The summed E-state index contributed by atoms with van der Waals surface area (Å²) in [6.45, 7) is 1.33. The number of rotatable bonds is 6. The maximum atomic E-state index is 11.4. The third-order valence-electron chi connectivity index (χ3n) is 2.30.